The molecule has 7 nitrogen and oxygen atoms in total. The summed E-state index contributed by atoms with van der Waals surface area (Å²) in [6, 6.07) is 2.59. The molecule has 0 unspecified atom stereocenters. The number of carbonyl (C=O) groups excluding carboxylic acids is 1. The Hall–Kier alpha value is -2.12. The molecule has 8 heteroatoms. The van der Waals surface area contributed by atoms with Crippen molar-refractivity contribution < 1.29 is 9.53 Å². The van der Waals surface area contributed by atoms with Crippen molar-refractivity contribution in [3.05, 3.63) is 29.1 Å². The summed E-state index contributed by atoms with van der Waals surface area (Å²) in [7, 11) is 0. The monoisotopic (exact) mass is 433 g/mol. The SMILES string of the molecule is C/C=C(\CC)c1cc(N[C@H]2CC[C@H](NCC(=O)OC(C)(C)C)C2)n2ncc(Cl)c2n1. The Kier molecular flexibility index (Phi) is 7.03. The smallest absolute Gasteiger partial charge is 0.320 e. The molecule has 0 spiro atoms. The summed E-state index contributed by atoms with van der Waals surface area (Å²) < 4.78 is 7.13. The molecule has 0 saturated heterocycles. The minimum absolute atomic E-state index is 0.218. The number of hydrogen-bond donors (Lipinski definition) is 2. The largest absolute Gasteiger partial charge is 0.459 e. The van der Waals surface area contributed by atoms with Crippen molar-refractivity contribution in [2.75, 3.05) is 11.9 Å². The number of esters is 1. The normalized spacial score (nSPS) is 20.0. The lowest BCUT2D eigenvalue weighted by atomic mass is 10.1. The molecule has 1 fully saturated rings. The van der Waals surface area contributed by atoms with Crippen LogP contribution in [0.1, 0.15) is 66.0 Å². The lowest BCUT2D eigenvalue weighted by Gasteiger charge is -2.21. The van der Waals surface area contributed by atoms with Crippen LogP contribution >= 0.6 is 11.6 Å². The highest BCUT2D eigenvalue weighted by molar-refractivity contribution is 6.33. The average molecular weight is 434 g/mol. The van der Waals surface area contributed by atoms with E-state index in [-0.39, 0.29) is 24.6 Å². The highest BCUT2D eigenvalue weighted by Crippen LogP contribution is 2.28. The molecule has 0 bridgehead atoms. The molecule has 0 aliphatic heterocycles. The average Bonchev–Trinajstić information content (AvgIpc) is 3.27. The van der Waals surface area contributed by atoms with Crippen molar-refractivity contribution in [2.45, 2.75) is 78.0 Å². The summed E-state index contributed by atoms with van der Waals surface area (Å²) in [5, 5.41) is 11.9. The van der Waals surface area contributed by atoms with Gasteiger partial charge in [0.1, 0.15) is 16.4 Å². The van der Waals surface area contributed by atoms with Crippen molar-refractivity contribution in [3.63, 3.8) is 0 Å². The van der Waals surface area contributed by atoms with Gasteiger partial charge in [0.15, 0.2) is 5.65 Å². The quantitative estimate of drug-likeness (QED) is 0.627. The first-order valence-corrected chi connectivity index (χ1v) is 11.0. The predicted octanol–water partition coefficient (Wildman–Crippen LogP) is 4.46. The van der Waals surface area contributed by atoms with Crippen LogP contribution in [0.2, 0.25) is 5.02 Å². The van der Waals surface area contributed by atoms with Crippen LogP contribution in [0.4, 0.5) is 5.82 Å². The number of rotatable bonds is 7. The van der Waals surface area contributed by atoms with Crippen LogP contribution in [0.15, 0.2) is 18.3 Å². The van der Waals surface area contributed by atoms with E-state index in [1.807, 2.05) is 33.8 Å². The molecule has 2 aromatic rings. The molecule has 2 atom stereocenters. The molecule has 1 saturated carbocycles. The van der Waals surface area contributed by atoms with E-state index in [0.717, 1.165) is 37.2 Å². The molecule has 1 aliphatic rings. The fraction of sp³-hybridized carbons (Fsp3) is 0.591. The fourth-order valence-corrected chi connectivity index (χ4v) is 4.01. The molecule has 3 rings (SSSR count). The molecule has 2 aromatic heterocycles. The summed E-state index contributed by atoms with van der Waals surface area (Å²) in [6.07, 6.45) is 7.52. The van der Waals surface area contributed by atoms with Crippen LogP contribution in [0.3, 0.4) is 0 Å². The van der Waals surface area contributed by atoms with Gasteiger partial charge in [0.05, 0.1) is 18.4 Å². The zero-order valence-corrected chi connectivity index (χ0v) is 19.2. The minimum atomic E-state index is -0.460. The third kappa shape index (κ3) is 5.52. The topological polar surface area (TPSA) is 80.5 Å². The van der Waals surface area contributed by atoms with E-state index in [2.05, 4.69) is 28.7 Å². The van der Waals surface area contributed by atoms with E-state index >= 15 is 0 Å². The second-order valence-corrected chi connectivity index (χ2v) is 9.15. The van der Waals surface area contributed by atoms with Gasteiger partial charge in [-0.25, -0.2) is 4.98 Å². The van der Waals surface area contributed by atoms with Gasteiger partial charge < -0.3 is 15.4 Å². The molecule has 2 N–H and O–H groups in total. The number of fused-ring (bicyclic) bond motifs is 1. The van der Waals surface area contributed by atoms with Crippen LogP contribution in [0, 0.1) is 0 Å². The number of hydrogen-bond acceptors (Lipinski definition) is 6. The van der Waals surface area contributed by atoms with Crippen LogP contribution in [0.25, 0.3) is 11.2 Å². The molecule has 2 heterocycles. The summed E-state index contributed by atoms with van der Waals surface area (Å²) in [6.45, 7) is 10.0. The van der Waals surface area contributed by atoms with Crippen LogP contribution in [-0.4, -0.2) is 44.8 Å². The van der Waals surface area contributed by atoms with Crippen LogP contribution in [0.5, 0.6) is 0 Å². The number of nitrogens with zero attached hydrogens (tertiary/aromatic N) is 3. The number of aromatic nitrogens is 3. The van der Waals surface area contributed by atoms with Gasteiger partial charge in [0.25, 0.3) is 0 Å². The minimum Gasteiger partial charge on any atom is -0.459 e. The Bertz CT molecular complexity index is 931. The van der Waals surface area contributed by atoms with Gasteiger partial charge in [-0.1, -0.05) is 24.6 Å². The van der Waals surface area contributed by atoms with E-state index in [1.165, 1.54) is 5.57 Å². The van der Waals surface area contributed by atoms with Crippen molar-refractivity contribution in [1.82, 2.24) is 19.9 Å². The molecular weight excluding hydrogens is 402 g/mol. The Morgan fingerprint density at radius 2 is 2.10 bits per heavy atom. The van der Waals surface area contributed by atoms with Gasteiger partial charge >= 0.3 is 5.97 Å². The molecule has 1 aliphatic carbocycles. The number of halogens is 1. The highest BCUT2D eigenvalue weighted by atomic mass is 35.5. The van der Waals surface area contributed by atoms with E-state index in [4.69, 9.17) is 21.3 Å². The third-order valence-electron chi connectivity index (χ3n) is 5.23. The predicted molar refractivity (Wildman–Crippen MR) is 121 cm³/mol. The maximum atomic E-state index is 12.0. The van der Waals surface area contributed by atoms with Gasteiger partial charge in [0.2, 0.25) is 0 Å². The zero-order chi connectivity index (χ0) is 21.9. The Morgan fingerprint density at radius 3 is 2.77 bits per heavy atom. The van der Waals surface area contributed by atoms with Crippen molar-refractivity contribution in [1.29, 1.82) is 0 Å². The van der Waals surface area contributed by atoms with E-state index in [0.29, 0.717) is 10.7 Å². The van der Waals surface area contributed by atoms with Gasteiger partial charge in [0, 0.05) is 18.2 Å². The van der Waals surface area contributed by atoms with Crippen molar-refractivity contribution >= 4 is 34.6 Å². The first-order valence-electron chi connectivity index (χ1n) is 10.6. The summed E-state index contributed by atoms with van der Waals surface area (Å²) >= 11 is 6.32. The maximum Gasteiger partial charge on any atom is 0.320 e. The molecule has 164 valence electrons. The molecule has 30 heavy (non-hydrogen) atoms. The van der Waals surface area contributed by atoms with E-state index < -0.39 is 5.60 Å². The number of carbonyl (C=O) groups is 1. The lowest BCUT2D eigenvalue weighted by molar-refractivity contribution is -0.153. The number of allylic oxidation sites excluding steroid dienone is 2. The van der Waals surface area contributed by atoms with E-state index in [9.17, 15) is 4.79 Å². The molecule has 0 radical (unpaired) electrons. The molecular formula is C22H32ClN5O2. The second-order valence-electron chi connectivity index (χ2n) is 8.74. The van der Waals surface area contributed by atoms with E-state index in [1.54, 1.807) is 10.7 Å². The lowest BCUT2D eigenvalue weighted by Crippen LogP contribution is -2.36. The van der Waals surface area contributed by atoms with Gasteiger partial charge in [-0.3, -0.25) is 4.79 Å². The van der Waals surface area contributed by atoms with Crippen molar-refractivity contribution in [2.24, 2.45) is 0 Å². The van der Waals surface area contributed by atoms with Crippen LogP contribution < -0.4 is 10.6 Å². The Balaban J connectivity index is 1.67. The fourth-order valence-electron chi connectivity index (χ4n) is 3.85. The van der Waals surface area contributed by atoms with Gasteiger partial charge in [-0.05, 0) is 59.0 Å². The number of anilines is 1. The maximum absolute atomic E-state index is 12.0. The summed E-state index contributed by atoms with van der Waals surface area (Å²) in [4.78, 5) is 16.7. The summed E-state index contributed by atoms with van der Waals surface area (Å²) in [5.74, 6) is 0.663. The molecule has 0 amide bonds. The van der Waals surface area contributed by atoms with Gasteiger partial charge in [-0.15, -0.1) is 0 Å². The molecule has 0 aromatic carbocycles. The summed E-state index contributed by atoms with van der Waals surface area (Å²) in [5.41, 5.74) is 2.27. The van der Waals surface area contributed by atoms with Crippen molar-refractivity contribution in [3.8, 4) is 0 Å². The standard InChI is InChI=1S/C22H32ClN5O2/c1-6-14(7-2)18-11-19(28-21(27-18)17(23)12-25-28)26-16-9-8-15(10-16)24-13-20(29)30-22(3,4)5/h6,11-12,15-16,24,26H,7-10,13H2,1-5H3/b14-6+/t15-,16-/m0/s1. The Morgan fingerprint density at radius 1 is 1.37 bits per heavy atom. The number of ether oxygens (including phenoxy) is 1. The first-order chi connectivity index (χ1) is 14.2. The Labute approximate surface area is 183 Å². The second kappa shape index (κ2) is 9.35. The highest BCUT2D eigenvalue weighted by Gasteiger charge is 2.26. The number of nitrogens with one attached hydrogen (secondary N) is 2. The zero-order valence-electron chi connectivity index (χ0n) is 18.5. The van der Waals surface area contributed by atoms with Crippen LogP contribution in [-0.2, 0) is 9.53 Å². The first kappa shape index (κ1) is 22.6. The third-order valence-corrected chi connectivity index (χ3v) is 5.49. The van der Waals surface area contributed by atoms with Gasteiger partial charge in [-0.2, -0.15) is 9.61 Å².